The lowest BCUT2D eigenvalue weighted by Crippen LogP contribution is -2.20. The van der Waals surface area contributed by atoms with Crippen molar-refractivity contribution in [2.45, 2.75) is 6.92 Å². The standard InChI is InChI=1S/C18H16ClN3O3S/c1-2-24-13-9-7-12(8-10-13)17-21-18(26-22-17)20-16(23)11-25-15-6-4-3-5-14(15)19/h3-10H,2,11H2,1H3,(H,20,21,22,23). The van der Waals surface area contributed by atoms with Gasteiger partial charge in [0.1, 0.15) is 11.5 Å². The second-order valence-corrected chi connectivity index (χ2v) is 6.31. The first-order valence-corrected chi connectivity index (χ1v) is 9.05. The average molecular weight is 390 g/mol. The van der Waals surface area contributed by atoms with Gasteiger partial charge < -0.3 is 9.47 Å². The first-order valence-electron chi connectivity index (χ1n) is 7.90. The minimum absolute atomic E-state index is 0.165. The number of nitrogens with zero attached hydrogens (tertiary/aromatic N) is 2. The number of carbonyl (C=O) groups is 1. The van der Waals surface area contributed by atoms with Crippen LogP contribution in [0.15, 0.2) is 48.5 Å². The Morgan fingerprint density at radius 3 is 2.65 bits per heavy atom. The Labute approximate surface area is 159 Å². The Hall–Kier alpha value is -2.64. The fraction of sp³-hybridized carbons (Fsp3) is 0.167. The van der Waals surface area contributed by atoms with E-state index in [0.717, 1.165) is 22.8 Å². The summed E-state index contributed by atoms with van der Waals surface area (Å²) < 4.78 is 15.1. The molecule has 0 fully saturated rings. The molecule has 6 nitrogen and oxygen atoms in total. The molecule has 2 aromatic carbocycles. The van der Waals surface area contributed by atoms with E-state index in [1.165, 1.54) is 0 Å². The van der Waals surface area contributed by atoms with Crippen LogP contribution in [-0.2, 0) is 4.79 Å². The first-order chi connectivity index (χ1) is 12.7. The molecule has 0 bridgehead atoms. The van der Waals surface area contributed by atoms with Gasteiger partial charge >= 0.3 is 0 Å². The molecule has 1 N–H and O–H groups in total. The molecule has 0 aliphatic carbocycles. The first kappa shape index (κ1) is 18.2. The van der Waals surface area contributed by atoms with E-state index in [1.54, 1.807) is 24.3 Å². The third-order valence-electron chi connectivity index (χ3n) is 3.29. The number of ether oxygens (including phenoxy) is 2. The maximum absolute atomic E-state index is 12.0. The molecule has 1 aromatic heterocycles. The zero-order chi connectivity index (χ0) is 18.4. The summed E-state index contributed by atoms with van der Waals surface area (Å²) in [4.78, 5) is 16.3. The Bertz CT molecular complexity index is 883. The Morgan fingerprint density at radius 1 is 1.15 bits per heavy atom. The number of halogens is 1. The third kappa shape index (κ3) is 4.71. The Kier molecular flexibility index (Phi) is 6.04. The summed E-state index contributed by atoms with van der Waals surface area (Å²) in [6.07, 6.45) is 0. The summed E-state index contributed by atoms with van der Waals surface area (Å²) in [6.45, 7) is 2.38. The molecule has 1 heterocycles. The van der Waals surface area contributed by atoms with Gasteiger partial charge in [0.25, 0.3) is 5.91 Å². The van der Waals surface area contributed by atoms with Crippen molar-refractivity contribution in [3.63, 3.8) is 0 Å². The van der Waals surface area contributed by atoms with Crippen molar-refractivity contribution >= 4 is 34.2 Å². The number of carbonyl (C=O) groups excluding carboxylic acids is 1. The van der Waals surface area contributed by atoms with Gasteiger partial charge in [-0.05, 0) is 43.3 Å². The highest BCUT2D eigenvalue weighted by Gasteiger charge is 2.11. The largest absolute Gasteiger partial charge is 0.494 e. The van der Waals surface area contributed by atoms with Crippen LogP contribution in [0.4, 0.5) is 5.13 Å². The van der Waals surface area contributed by atoms with E-state index in [4.69, 9.17) is 21.1 Å². The van der Waals surface area contributed by atoms with Crippen molar-refractivity contribution < 1.29 is 14.3 Å². The molecule has 0 aliphatic rings. The van der Waals surface area contributed by atoms with Gasteiger partial charge in [-0.25, -0.2) is 0 Å². The molecule has 134 valence electrons. The molecule has 0 unspecified atom stereocenters. The molecular weight excluding hydrogens is 374 g/mol. The van der Waals surface area contributed by atoms with Crippen LogP contribution in [0.5, 0.6) is 11.5 Å². The van der Waals surface area contributed by atoms with Crippen LogP contribution in [-0.4, -0.2) is 28.5 Å². The number of benzene rings is 2. The Morgan fingerprint density at radius 2 is 1.92 bits per heavy atom. The van der Waals surface area contributed by atoms with Crippen molar-refractivity contribution in [1.29, 1.82) is 0 Å². The molecule has 26 heavy (non-hydrogen) atoms. The monoisotopic (exact) mass is 389 g/mol. The molecule has 0 radical (unpaired) electrons. The number of nitrogens with one attached hydrogen (secondary N) is 1. The highest BCUT2D eigenvalue weighted by Crippen LogP contribution is 2.24. The van der Waals surface area contributed by atoms with Crippen LogP contribution in [0.2, 0.25) is 5.02 Å². The second-order valence-electron chi connectivity index (χ2n) is 5.15. The van der Waals surface area contributed by atoms with Crippen LogP contribution in [0.3, 0.4) is 0 Å². The molecule has 1 amide bonds. The minimum atomic E-state index is -0.334. The smallest absolute Gasteiger partial charge is 0.264 e. The molecule has 3 aromatic rings. The van der Waals surface area contributed by atoms with E-state index in [0.29, 0.717) is 28.3 Å². The molecule has 3 rings (SSSR count). The lowest BCUT2D eigenvalue weighted by atomic mass is 10.2. The number of rotatable bonds is 7. The fourth-order valence-electron chi connectivity index (χ4n) is 2.12. The topological polar surface area (TPSA) is 73.3 Å². The quantitative estimate of drug-likeness (QED) is 0.653. The molecule has 8 heteroatoms. The van der Waals surface area contributed by atoms with Crippen LogP contribution in [0, 0.1) is 0 Å². The van der Waals surface area contributed by atoms with Crippen molar-refractivity contribution in [3.05, 3.63) is 53.6 Å². The number of hydrogen-bond donors (Lipinski definition) is 1. The number of amides is 1. The van der Waals surface area contributed by atoms with Crippen LogP contribution in [0.25, 0.3) is 11.4 Å². The van der Waals surface area contributed by atoms with Crippen LogP contribution >= 0.6 is 23.1 Å². The van der Waals surface area contributed by atoms with E-state index in [2.05, 4.69) is 14.7 Å². The van der Waals surface area contributed by atoms with Crippen LogP contribution in [0.1, 0.15) is 6.92 Å². The SMILES string of the molecule is CCOc1ccc(-c2nsc(NC(=O)COc3ccccc3Cl)n2)cc1. The summed E-state index contributed by atoms with van der Waals surface area (Å²) in [5.41, 5.74) is 0.845. The number of aromatic nitrogens is 2. The molecule has 0 saturated heterocycles. The van der Waals surface area contributed by atoms with Gasteiger partial charge in [0.2, 0.25) is 5.13 Å². The molecule has 0 saturated carbocycles. The van der Waals surface area contributed by atoms with Gasteiger partial charge in [-0.1, -0.05) is 23.7 Å². The number of hydrogen-bond acceptors (Lipinski definition) is 6. The molecule has 0 atom stereocenters. The summed E-state index contributed by atoms with van der Waals surface area (Å²) in [5, 5.41) is 3.52. The van der Waals surface area contributed by atoms with Gasteiger partial charge in [-0.3, -0.25) is 10.1 Å². The maximum atomic E-state index is 12.0. The highest BCUT2D eigenvalue weighted by atomic mass is 35.5. The molecule has 0 aliphatic heterocycles. The molecule has 0 spiro atoms. The van der Waals surface area contributed by atoms with Gasteiger partial charge in [-0.15, -0.1) is 0 Å². The van der Waals surface area contributed by atoms with E-state index < -0.39 is 0 Å². The van der Waals surface area contributed by atoms with Gasteiger partial charge in [0.15, 0.2) is 12.4 Å². The van der Waals surface area contributed by atoms with Crippen molar-refractivity contribution in [2.75, 3.05) is 18.5 Å². The number of para-hydroxylation sites is 1. The van der Waals surface area contributed by atoms with Crippen molar-refractivity contribution in [1.82, 2.24) is 9.36 Å². The summed E-state index contributed by atoms with van der Waals surface area (Å²) in [7, 11) is 0. The lowest BCUT2D eigenvalue weighted by molar-refractivity contribution is -0.118. The Balaban J connectivity index is 1.57. The van der Waals surface area contributed by atoms with Gasteiger partial charge in [0.05, 0.1) is 11.6 Å². The van der Waals surface area contributed by atoms with E-state index in [1.807, 2.05) is 31.2 Å². The van der Waals surface area contributed by atoms with Crippen molar-refractivity contribution in [2.24, 2.45) is 0 Å². The van der Waals surface area contributed by atoms with E-state index in [-0.39, 0.29) is 12.5 Å². The van der Waals surface area contributed by atoms with E-state index in [9.17, 15) is 4.79 Å². The summed E-state index contributed by atoms with van der Waals surface area (Å²) in [6, 6.07) is 14.4. The normalized spacial score (nSPS) is 10.4. The van der Waals surface area contributed by atoms with Gasteiger partial charge in [-0.2, -0.15) is 9.36 Å². The zero-order valence-electron chi connectivity index (χ0n) is 13.9. The maximum Gasteiger partial charge on any atom is 0.264 e. The second kappa shape index (κ2) is 8.64. The highest BCUT2D eigenvalue weighted by molar-refractivity contribution is 7.10. The molecular formula is C18H16ClN3O3S. The number of anilines is 1. The lowest BCUT2D eigenvalue weighted by Gasteiger charge is -2.06. The summed E-state index contributed by atoms with van der Waals surface area (Å²) in [5.74, 6) is 1.45. The average Bonchev–Trinajstić information content (AvgIpc) is 3.10. The predicted molar refractivity (Wildman–Crippen MR) is 102 cm³/mol. The minimum Gasteiger partial charge on any atom is -0.494 e. The van der Waals surface area contributed by atoms with Gasteiger partial charge in [0, 0.05) is 17.1 Å². The predicted octanol–water partition coefficient (Wildman–Crippen LogP) is 4.27. The van der Waals surface area contributed by atoms with E-state index >= 15 is 0 Å². The summed E-state index contributed by atoms with van der Waals surface area (Å²) >= 11 is 7.09. The fourth-order valence-corrected chi connectivity index (χ4v) is 2.92. The zero-order valence-corrected chi connectivity index (χ0v) is 15.5. The van der Waals surface area contributed by atoms with Crippen LogP contribution < -0.4 is 14.8 Å². The third-order valence-corrected chi connectivity index (χ3v) is 4.23. The van der Waals surface area contributed by atoms with Crippen molar-refractivity contribution in [3.8, 4) is 22.9 Å².